The van der Waals surface area contributed by atoms with Gasteiger partial charge in [-0.25, -0.2) is 4.98 Å². The van der Waals surface area contributed by atoms with E-state index in [0.717, 1.165) is 29.8 Å². The second-order valence-electron chi connectivity index (χ2n) is 7.41. The van der Waals surface area contributed by atoms with E-state index < -0.39 is 0 Å². The molecule has 7 heteroatoms. The number of thiazole rings is 1. The van der Waals surface area contributed by atoms with Crippen molar-refractivity contribution in [2.24, 2.45) is 4.99 Å². The molecule has 0 saturated heterocycles. The molecule has 1 aromatic heterocycles. The molecule has 1 aromatic carbocycles. The average Bonchev–Trinajstić information content (AvgIpc) is 3.31. The van der Waals surface area contributed by atoms with Gasteiger partial charge in [-0.2, -0.15) is 0 Å². The maximum Gasteiger partial charge on any atom is 0.193 e. The summed E-state index contributed by atoms with van der Waals surface area (Å²) in [4.78, 5) is 11.3. The SMILES string of the molecule is CN=C(NCC1(c2ccccc2C)CC1)N(C)Cc1csc(C(C)OC)n1.I. The molecule has 1 unspecified atom stereocenters. The first kappa shape index (κ1) is 23.1. The third kappa shape index (κ3) is 5.24. The van der Waals surface area contributed by atoms with E-state index in [4.69, 9.17) is 4.74 Å². The number of aromatic nitrogens is 1. The number of aliphatic imine (C=N–C) groups is 1. The highest BCUT2D eigenvalue weighted by molar-refractivity contribution is 14.0. The molecule has 1 aliphatic rings. The minimum Gasteiger partial charge on any atom is -0.375 e. The molecule has 1 heterocycles. The van der Waals surface area contributed by atoms with Crippen LogP contribution >= 0.6 is 35.3 Å². The Labute approximate surface area is 189 Å². The van der Waals surface area contributed by atoms with Gasteiger partial charge in [-0.05, 0) is 37.8 Å². The van der Waals surface area contributed by atoms with Crippen LogP contribution in [-0.2, 0) is 16.7 Å². The lowest BCUT2D eigenvalue weighted by Crippen LogP contribution is -2.42. The Morgan fingerprint density at radius 1 is 1.39 bits per heavy atom. The number of aryl methyl sites for hydroxylation is 1. The molecule has 1 fully saturated rings. The molecular formula is C21H31IN4OS. The van der Waals surface area contributed by atoms with Gasteiger partial charge in [0, 0.05) is 38.5 Å². The molecule has 154 valence electrons. The normalized spacial score (nSPS) is 16.2. The van der Waals surface area contributed by atoms with Gasteiger partial charge in [0.25, 0.3) is 0 Å². The van der Waals surface area contributed by atoms with E-state index in [0.29, 0.717) is 0 Å². The van der Waals surface area contributed by atoms with E-state index in [1.165, 1.54) is 24.0 Å². The molecule has 3 rings (SSSR count). The first-order valence-corrected chi connectivity index (χ1v) is 10.3. The molecule has 0 radical (unpaired) electrons. The Morgan fingerprint density at radius 3 is 2.71 bits per heavy atom. The highest BCUT2D eigenvalue weighted by Crippen LogP contribution is 2.48. The van der Waals surface area contributed by atoms with E-state index >= 15 is 0 Å². The number of guanidine groups is 1. The van der Waals surface area contributed by atoms with Crippen LogP contribution in [0.2, 0.25) is 0 Å². The Balaban J connectivity index is 0.00000280. The summed E-state index contributed by atoms with van der Waals surface area (Å²) >= 11 is 1.65. The van der Waals surface area contributed by atoms with Crippen LogP contribution in [-0.4, -0.2) is 43.6 Å². The largest absolute Gasteiger partial charge is 0.375 e. The number of nitrogens with one attached hydrogen (secondary N) is 1. The maximum atomic E-state index is 5.36. The van der Waals surface area contributed by atoms with Crippen molar-refractivity contribution in [2.45, 2.75) is 44.8 Å². The van der Waals surface area contributed by atoms with Gasteiger partial charge in [-0.1, -0.05) is 24.3 Å². The third-order valence-corrected chi connectivity index (χ3v) is 6.45. The first-order chi connectivity index (χ1) is 13.0. The first-order valence-electron chi connectivity index (χ1n) is 9.44. The van der Waals surface area contributed by atoms with Crippen LogP contribution in [0.25, 0.3) is 0 Å². The number of benzene rings is 1. The van der Waals surface area contributed by atoms with Gasteiger partial charge >= 0.3 is 0 Å². The van der Waals surface area contributed by atoms with E-state index in [1.807, 2.05) is 14.0 Å². The number of hydrogen-bond acceptors (Lipinski definition) is 4. The Bertz CT molecular complexity index is 803. The monoisotopic (exact) mass is 514 g/mol. The number of hydrogen-bond donors (Lipinski definition) is 1. The van der Waals surface area contributed by atoms with Gasteiger partial charge in [0.1, 0.15) is 11.1 Å². The summed E-state index contributed by atoms with van der Waals surface area (Å²) < 4.78 is 5.36. The Hall–Kier alpha value is -1.19. The predicted octanol–water partition coefficient (Wildman–Crippen LogP) is 4.52. The van der Waals surface area contributed by atoms with Crippen molar-refractivity contribution in [3.8, 4) is 0 Å². The fourth-order valence-electron chi connectivity index (χ4n) is 3.49. The standard InChI is InChI=1S/C21H30N4OS.HI/c1-15-8-6-7-9-18(15)21(10-11-21)14-23-20(22-3)25(4)12-17-13-27-19(24-17)16(2)26-5;/h6-9,13,16H,10-12,14H2,1-5H3,(H,22,23);1H. The van der Waals surface area contributed by atoms with Crippen molar-refractivity contribution in [1.82, 2.24) is 15.2 Å². The molecule has 2 aromatic rings. The molecule has 1 aliphatic carbocycles. The molecule has 0 amide bonds. The second kappa shape index (κ2) is 10.0. The van der Waals surface area contributed by atoms with Gasteiger partial charge in [0.05, 0.1) is 12.2 Å². The number of rotatable bonds is 7. The van der Waals surface area contributed by atoms with Crippen LogP contribution in [0.1, 0.15) is 47.7 Å². The average molecular weight is 514 g/mol. The maximum absolute atomic E-state index is 5.36. The summed E-state index contributed by atoms with van der Waals surface area (Å²) in [5.74, 6) is 0.907. The zero-order valence-electron chi connectivity index (χ0n) is 17.4. The summed E-state index contributed by atoms with van der Waals surface area (Å²) in [6, 6.07) is 8.73. The van der Waals surface area contributed by atoms with Crippen molar-refractivity contribution < 1.29 is 4.74 Å². The lowest BCUT2D eigenvalue weighted by Gasteiger charge is -2.25. The zero-order chi connectivity index (χ0) is 19.4. The third-order valence-electron chi connectivity index (χ3n) is 5.40. The topological polar surface area (TPSA) is 49.8 Å². The van der Waals surface area contributed by atoms with Crippen LogP contribution in [0.3, 0.4) is 0 Å². The lowest BCUT2D eigenvalue weighted by atomic mass is 9.92. The molecule has 5 nitrogen and oxygen atoms in total. The smallest absolute Gasteiger partial charge is 0.193 e. The van der Waals surface area contributed by atoms with Gasteiger partial charge in [0.2, 0.25) is 0 Å². The molecule has 0 aliphatic heterocycles. The second-order valence-corrected chi connectivity index (χ2v) is 8.30. The van der Waals surface area contributed by atoms with E-state index in [9.17, 15) is 0 Å². The van der Waals surface area contributed by atoms with E-state index in [-0.39, 0.29) is 35.5 Å². The summed E-state index contributed by atoms with van der Waals surface area (Å²) in [6.07, 6.45) is 2.50. The predicted molar refractivity (Wildman–Crippen MR) is 128 cm³/mol. The van der Waals surface area contributed by atoms with Crippen LogP contribution in [0.4, 0.5) is 0 Å². The number of nitrogens with zero attached hydrogens (tertiary/aromatic N) is 3. The minimum absolute atomic E-state index is 0. The van der Waals surface area contributed by atoms with Gasteiger partial charge in [0.15, 0.2) is 5.96 Å². The molecule has 1 N–H and O–H groups in total. The Morgan fingerprint density at radius 2 is 2.11 bits per heavy atom. The van der Waals surface area contributed by atoms with Crippen LogP contribution < -0.4 is 5.32 Å². The highest BCUT2D eigenvalue weighted by atomic mass is 127. The molecular weight excluding hydrogens is 483 g/mol. The van der Waals surface area contributed by atoms with E-state index in [2.05, 4.69) is 63.8 Å². The summed E-state index contributed by atoms with van der Waals surface area (Å²) in [5.41, 5.74) is 4.14. The van der Waals surface area contributed by atoms with Crippen LogP contribution in [0, 0.1) is 6.92 Å². The van der Waals surface area contributed by atoms with Crippen molar-refractivity contribution in [2.75, 3.05) is 27.7 Å². The number of methoxy groups -OCH3 is 1. The fourth-order valence-corrected chi connectivity index (χ4v) is 4.34. The highest BCUT2D eigenvalue weighted by Gasteiger charge is 2.45. The van der Waals surface area contributed by atoms with Crippen LogP contribution in [0.15, 0.2) is 34.6 Å². The summed E-state index contributed by atoms with van der Waals surface area (Å²) in [7, 11) is 5.61. The van der Waals surface area contributed by atoms with Gasteiger partial charge < -0.3 is 15.0 Å². The molecule has 0 spiro atoms. The van der Waals surface area contributed by atoms with Crippen LogP contribution in [0.5, 0.6) is 0 Å². The molecule has 1 atom stereocenters. The number of halogens is 1. The number of ether oxygens (including phenoxy) is 1. The molecule has 28 heavy (non-hydrogen) atoms. The van der Waals surface area contributed by atoms with Crippen molar-refractivity contribution >= 4 is 41.3 Å². The van der Waals surface area contributed by atoms with Crippen molar-refractivity contribution in [1.29, 1.82) is 0 Å². The minimum atomic E-state index is 0. The van der Waals surface area contributed by atoms with E-state index in [1.54, 1.807) is 18.4 Å². The molecule has 0 bridgehead atoms. The fraction of sp³-hybridized carbons (Fsp3) is 0.524. The summed E-state index contributed by atoms with van der Waals surface area (Å²) in [5, 5.41) is 6.70. The summed E-state index contributed by atoms with van der Waals surface area (Å²) in [6.45, 7) is 5.87. The van der Waals surface area contributed by atoms with Crippen molar-refractivity contribution in [3.05, 3.63) is 51.5 Å². The lowest BCUT2D eigenvalue weighted by molar-refractivity contribution is 0.119. The van der Waals surface area contributed by atoms with Gasteiger partial charge in [-0.3, -0.25) is 4.99 Å². The zero-order valence-corrected chi connectivity index (χ0v) is 20.5. The van der Waals surface area contributed by atoms with Gasteiger partial charge in [-0.15, -0.1) is 35.3 Å². The molecule has 1 saturated carbocycles. The Kier molecular flexibility index (Phi) is 8.27. The van der Waals surface area contributed by atoms with Crippen molar-refractivity contribution in [3.63, 3.8) is 0 Å². The quantitative estimate of drug-likeness (QED) is 0.336.